The van der Waals surface area contributed by atoms with Gasteiger partial charge in [0.05, 0.1) is 12.1 Å². The third-order valence-electron chi connectivity index (χ3n) is 3.73. The third kappa shape index (κ3) is 3.22. The van der Waals surface area contributed by atoms with Crippen LogP contribution in [0.25, 0.3) is 0 Å². The maximum absolute atomic E-state index is 13.1. The highest BCUT2D eigenvalue weighted by Gasteiger charge is 2.27. The zero-order valence-electron chi connectivity index (χ0n) is 11.4. The van der Waals surface area contributed by atoms with Crippen molar-refractivity contribution in [1.82, 2.24) is 4.90 Å². The molecular weight excluding hydrogens is 261 g/mol. The first-order chi connectivity index (χ1) is 9.51. The Bertz CT molecular complexity index is 530. The second kappa shape index (κ2) is 6.13. The number of rotatable bonds is 4. The number of Topliss-reactive ketones (excluding diaryl/α,β-unsaturated/α-hetero) is 2. The highest BCUT2D eigenvalue weighted by molar-refractivity contribution is 6.00. The fourth-order valence-corrected chi connectivity index (χ4v) is 2.50. The summed E-state index contributed by atoms with van der Waals surface area (Å²) in [5, 5.41) is 9.61. The largest absolute Gasteiger partial charge is 0.507 e. The van der Waals surface area contributed by atoms with Crippen LogP contribution < -0.4 is 0 Å². The Labute approximate surface area is 117 Å². The second-order valence-electron chi connectivity index (χ2n) is 5.14. The number of piperidine rings is 1. The van der Waals surface area contributed by atoms with E-state index < -0.39 is 5.82 Å². The van der Waals surface area contributed by atoms with Crippen LogP contribution in [0.5, 0.6) is 5.75 Å². The van der Waals surface area contributed by atoms with Gasteiger partial charge in [-0.15, -0.1) is 0 Å². The van der Waals surface area contributed by atoms with Gasteiger partial charge in [0, 0.05) is 25.4 Å². The van der Waals surface area contributed by atoms with Crippen LogP contribution in [0.3, 0.4) is 0 Å². The first-order valence-corrected chi connectivity index (χ1v) is 6.78. The number of carbonyl (C=O) groups is 2. The van der Waals surface area contributed by atoms with Crippen LogP contribution >= 0.6 is 0 Å². The van der Waals surface area contributed by atoms with Gasteiger partial charge in [-0.05, 0) is 24.6 Å². The molecule has 0 bridgehead atoms. The fourth-order valence-electron chi connectivity index (χ4n) is 2.50. The number of likely N-dealkylation sites (tertiary alicyclic amines) is 1. The van der Waals surface area contributed by atoms with Gasteiger partial charge < -0.3 is 5.11 Å². The zero-order valence-corrected chi connectivity index (χ0v) is 11.4. The average molecular weight is 279 g/mol. The van der Waals surface area contributed by atoms with E-state index >= 15 is 0 Å². The van der Waals surface area contributed by atoms with Crippen LogP contribution in [-0.4, -0.2) is 41.2 Å². The minimum absolute atomic E-state index is 0.00468. The molecule has 1 aromatic carbocycles. The molecule has 108 valence electrons. The summed E-state index contributed by atoms with van der Waals surface area (Å²) in [6.45, 7) is 3.14. The molecule has 1 heterocycles. The minimum atomic E-state index is -0.550. The van der Waals surface area contributed by atoms with Crippen molar-refractivity contribution in [2.75, 3.05) is 19.6 Å². The van der Waals surface area contributed by atoms with Crippen molar-refractivity contribution < 1.29 is 19.1 Å². The van der Waals surface area contributed by atoms with Gasteiger partial charge >= 0.3 is 0 Å². The molecule has 20 heavy (non-hydrogen) atoms. The Balaban J connectivity index is 2.04. The summed E-state index contributed by atoms with van der Waals surface area (Å²) in [6, 6.07) is 3.33. The van der Waals surface area contributed by atoms with Crippen molar-refractivity contribution in [2.45, 2.75) is 19.8 Å². The number of benzene rings is 1. The monoisotopic (exact) mass is 279 g/mol. The topological polar surface area (TPSA) is 57.6 Å². The highest BCUT2D eigenvalue weighted by Crippen LogP contribution is 2.21. The molecule has 0 radical (unpaired) electrons. The lowest BCUT2D eigenvalue weighted by molar-refractivity contribution is -0.126. The fraction of sp³-hybridized carbons (Fsp3) is 0.467. The normalized spacial score (nSPS) is 20.1. The summed E-state index contributed by atoms with van der Waals surface area (Å²) >= 11 is 0. The Morgan fingerprint density at radius 1 is 1.50 bits per heavy atom. The van der Waals surface area contributed by atoms with Crippen molar-refractivity contribution >= 4 is 11.6 Å². The molecule has 0 aromatic heterocycles. The molecule has 0 amide bonds. The number of ketones is 2. The molecule has 4 nitrogen and oxygen atoms in total. The van der Waals surface area contributed by atoms with Crippen LogP contribution in [0.4, 0.5) is 4.39 Å². The maximum Gasteiger partial charge on any atom is 0.180 e. The molecular formula is C15H18FNO3. The molecule has 1 aliphatic rings. The zero-order chi connectivity index (χ0) is 14.7. The van der Waals surface area contributed by atoms with E-state index in [2.05, 4.69) is 0 Å². The SMILES string of the molecule is CCC1CN(CC(=O)c2cc(F)ccc2O)CCC1=O. The molecule has 0 aliphatic carbocycles. The predicted molar refractivity (Wildman–Crippen MR) is 72.2 cm³/mol. The number of halogens is 1. The smallest absolute Gasteiger partial charge is 0.180 e. The molecule has 5 heteroatoms. The van der Waals surface area contributed by atoms with Crippen LogP contribution in [0.1, 0.15) is 30.1 Å². The number of aromatic hydroxyl groups is 1. The molecule has 1 aromatic rings. The van der Waals surface area contributed by atoms with Gasteiger partial charge in [0.15, 0.2) is 5.78 Å². The van der Waals surface area contributed by atoms with E-state index in [-0.39, 0.29) is 35.3 Å². The first kappa shape index (κ1) is 14.7. The van der Waals surface area contributed by atoms with Gasteiger partial charge in [0.25, 0.3) is 0 Å². The summed E-state index contributed by atoms with van der Waals surface area (Å²) in [7, 11) is 0. The van der Waals surface area contributed by atoms with E-state index in [1.165, 1.54) is 6.07 Å². The van der Waals surface area contributed by atoms with E-state index in [0.717, 1.165) is 18.6 Å². The van der Waals surface area contributed by atoms with Crippen LogP contribution in [0, 0.1) is 11.7 Å². The summed E-state index contributed by atoms with van der Waals surface area (Å²) in [6.07, 6.45) is 1.20. The lowest BCUT2D eigenvalue weighted by atomic mass is 9.94. The van der Waals surface area contributed by atoms with E-state index in [4.69, 9.17) is 0 Å². The van der Waals surface area contributed by atoms with Crippen LogP contribution in [0.2, 0.25) is 0 Å². The van der Waals surface area contributed by atoms with Crippen molar-refractivity contribution in [3.8, 4) is 5.75 Å². The number of hydrogen-bond donors (Lipinski definition) is 1. The number of phenolic OH excluding ortho intramolecular Hbond substituents is 1. The quantitative estimate of drug-likeness (QED) is 0.857. The van der Waals surface area contributed by atoms with Crippen LogP contribution in [0.15, 0.2) is 18.2 Å². The summed E-state index contributed by atoms with van der Waals surface area (Å²) in [5.74, 6) is -0.878. The lowest BCUT2D eigenvalue weighted by Gasteiger charge is -2.30. The average Bonchev–Trinajstić information content (AvgIpc) is 2.43. The highest BCUT2D eigenvalue weighted by atomic mass is 19.1. The van der Waals surface area contributed by atoms with E-state index in [1.807, 2.05) is 11.8 Å². The molecule has 0 spiro atoms. The molecule has 1 N–H and O–H groups in total. The summed E-state index contributed by atoms with van der Waals surface area (Å²) in [5.41, 5.74) is -0.00468. The summed E-state index contributed by atoms with van der Waals surface area (Å²) in [4.78, 5) is 25.6. The molecule has 1 atom stereocenters. The van der Waals surface area contributed by atoms with Crippen molar-refractivity contribution in [1.29, 1.82) is 0 Å². The number of carbonyl (C=O) groups excluding carboxylic acids is 2. The molecule has 1 unspecified atom stereocenters. The van der Waals surface area contributed by atoms with Gasteiger partial charge in [0.1, 0.15) is 17.3 Å². The van der Waals surface area contributed by atoms with Gasteiger partial charge in [-0.3, -0.25) is 14.5 Å². The van der Waals surface area contributed by atoms with Gasteiger partial charge in [-0.2, -0.15) is 0 Å². The molecule has 1 fully saturated rings. The van der Waals surface area contributed by atoms with Gasteiger partial charge in [-0.1, -0.05) is 6.92 Å². The van der Waals surface area contributed by atoms with Crippen molar-refractivity contribution in [3.63, 3.8) is 0 Å². The number of nitrogens with zero attached hydrogens (tertiary/aromatic N) is 1. The first-order valence-electron chi connectivity index (χ1n) is 6.78. The second-order valence-corrected chi connectivity index (χ2v) is 5.14. The predicted octanol–water partition coefficient (Wildman–Crippen LogP) is 2.01. The van der Waals surface area contributed by atoms with Crippen molar-refractivity contribution in [3.05, 3.63) is 29.6 Å². The third-order valence-corrected chi connectivity index (χ3v) is 3.73. The Morgan fingerprint density at radius 2 is 2.25 bits per heavy atom. The van der Waals surface area contributed by atoms with Crippen molar-refractivity contribution in [2.24, 2.45) is 5.92 Å². The van der Waals surface area contributed by atoms with Gasteiger partial charge in [-0.25, -0.2) is 4.39 Å². The molecule has 1 aliphatic heterocycles. The van der Waals surface area contributed by atoms with Crippen LogP contribution in [-0.2, 0) is 4.79 Å². The standard InChI is InChI=1S/C15H18FNO3/c1-2-10-8-17(6-5-13(10)18)9-15(20)12-7-11(16)3-4-14(12)19/h3-4,7,10,19H,2,5-6,8-9H2,1H3. The number of hydrogen-bond acceptors (Lipinski definition) is 4. The Morgan fingerprint density at radius 3 is 2.95 bits per heavy atom. The molecule has 2 rings (SSSR count). The Hall–Kier alpha value is -1.75. The van der Waals surface area contributed by atoms with E-state index in [1.54, 1.807) is 0 Å². The maximum atomic E-state index is 13.1. The molecule has 0 saturated carbocycles. The Kier molecular flexibility index (Phi) is 4.49. The van der Waals surface area contributed by atoms with E-state index in [9.17, 15) is 19.1 Å². The lowest BCUT2D eigenvalue weighted by Crippen LogP contribution is -2.42. The van der Waals surface area contributed by atoms with E-state index in [0.29, 0.717) is 19.5 Å². The molecule has 1 saturated heterocycles. The number of phenols is 1. The minimum Gasteiger partial charge on any atom is -0.507 e. The van der Waals surface area contributed by atoms with Gasteiger partial charge in [0.2, 0.25) is 0 Å². The summed E-state index contributed by atoms with van der Waals surface area (Å²) < 4.78 is 13.1.